The first kappa shape index (κ1) is 13.1. The zero-order valence-corrected chi connectivity index (χ0v) is 11.1. The van der Waals surface area contributed by atoms with Crippen molar-refractivity contribution in [3.8, 4) is 11.8 Å². The molecule has 1 amide bonds. The predicted octanol–water partition coefficient (Wildman–Crippen LogP) is 1.90. The highest BCUT2D eigenvalue weighted by Crippen LogP contribution is 2.32. The first-order chi connectivity index (χ1) is 8.79. The second-order valence-corrected chi connectivity index (χ2v) is 5.46. The first-order valence-corrected chi connectivity index (χ1v) is 7.10. The van der Waals surface area contributed by atoms with Crippen LogP contribution in [-0.2, 0) is 11.3 Å². The van der Waals surface area contributed by atoms with Gasteiger partial charge in [0.2, 0.25) is 5.91 Å². The number of carbonyl (C=O) groups excluding carboxylic acids is 1. The normalized spacial score (nSPS) is 13.8. The van der Waals surface area contributed by atoms with E-state index in [1.807, 2.05) is 11.4 Å². The van der Waals surface area contributed by atoms with Crippen molar-refractivity contribution in [2.24, 2.45) is 5.92 Å². The molecule has 0 spiro atoms. The van der Waals surface area contributed by atoms with Crippen molar-refractivity contribution in [2.75, 3.05) is 6.61 Å². The SMILES string of the molecule is O=C(CC1CC1)NCc1sccc1C#CCCO. The Morgan fingerprint density at radius 2 is 2.39 bits per heavy atom. The van der Waals surface area contributed by atoms with Gasteiger partial charge in [0, 0.05) is 23.3 Å². The minimum atomic E-state index is 0.0879. The summed E-state index contributed by atoms with van der Waals surface area (Å²) in [6, 6.07) is 1.96. The molecule has 0 bridgehead atoms. The third-order valence-electron chi connectivity index (χ3n) is 2.82. The fraction of sp³-hybridized carbons (Fsp3) is 0.500. The summed E-state index contributed by atoms with van der Waals surface area (Å²) in [5.41, 5.74) is 0.958. The third-order valence-corrected chi connectivity index (χ3v) is 3.74. The van der Waals surface area contributed by atoms with Crippen LogP contribution in [0, 0.1) is 17.8 Å². The Kier molecular flexibility index (Phi) is 4.80. The monoisotopic (exact) mass is 263 g/mol. The summed E-state index contributed by atoms with van der Waals surface area (Å²) in [7, 11) is 0. The lowest BCUT2D eigenvalue weighted by molar-refractivity contribution is -0.121. The van der Waals surface area contributed by atoms with Gasteiger partial charge in [-0.05, 0) is 30.2 Å². The number of nitrogens with one attached hydrogen (secondary N) is 1. The lowest BCUT2D eigenvalue weighted by Gasteiger charge is -2.03. The molecule has 1 aromatic rings. The number of aliphatic hydroxyl groups is 1. The molecule has 18 heavy (non-hydrogen) atoms. The van der Waals surface area contributed by atoms with E-state index >= 15 is 0 Å². The highest BCUT2D eigenvalue weighted by molar-refractivity contribution is 7.10. The Labute approximate surface area is 111 Å². The van der Waals surface area contributed by atoms with E-state index in [2.05, 4.69) is 17.2 Å². The van der Waals surface area contributed by atoms with Gasteiger partial charge in [-0.3, -0.25) is 4.79 Å². The summed E-state index contributed by atoms with van der Waals surface area (Å²) in [6.45, 7) is 0.650. The van der Waals surface area contributed by atoms with Gasteiger partial charge in [0.15, 0.2) is 0 Å². The van der Waals surface area contributed by atoms with Crippen LogP contribution in [-0.4, -0.2) is 17.6 Å². The van der Waals surface area contributed by atoms with Gasteiger partial charge in [-0.2, -0.15) is 0 Å². The summed E-state index contributed by atoms with van der Waals surface area (Å²) in [6.07, 6.45) is 3.55. The van der Waals surface area contributed by atoms with Crippen molar-refractivity contribution in [1.82, 2.24) is 5.32 Å². The van der Waals surface area contributed by atoms with Gasteiger partial charge in [-0.1, -0.05) is 11.8 Å². The molecule has 1 aliphatic rings. The van der Waals surface area contributed by atoms with E-state index in [9.17, 15) is 4.79 Å². The van der Waals surface area contributed by atoms with Gasteiger partial charge in [0.25, 0.3) is 0 Å². The van der Waals surface area contributed by atoms with Gasteiger partial charge in [0.1, 0.15) is 0 Å². The molecule has 0 saturated heterocycles. The third kappa shape index (κ3) is 4.17. The average Bonchev–Trinajstić information content (AvgIpc) is 3.05. The van der Waals surface area contributed by atoms with Gasteiger partial charge >= 0.3 is 0 Å². The van der Waals surface area contributed by atoms with Crippen LogP contribution in [0.2, 0.25) is 0 Å². The zero-order chi connectivity index (χ0) is 12.8. The minimum absolute atomic E-state index is 0.0879. The molecule has 1 fully saturated rings. The maximum absolute atomic E-state index is 11.6. The zero-order valence-electron chi connectivity index (χ0n) is 10.2. The number of aliphatic hydroxyl groups excluding tert-OH is 1. The Bertz CT molecular complexity index is 466. The van der Waals surface area contributed by atoms with Crippen LogP contribution >= 0.6 is 11.3 Å². The van der Waals surface area contributed by atoms with Crippen molar-refractivity contribution in [2.45, 2.75) is 32.2 Å². The lowest BCUT2D eigenvalue weighted by atomic mass is 10.2. The Balaban J connectivity index is 1.83. The maximum Gasteiger partial charge on any atom is 0.220 e. The van der Waals surface area contributed by atoms with Crippen LogP contribution in [0.3, 0.4) is 0 Å². The topological polar surface area (TPSA) is 49.3 Å². The molecule has 4 heteroatoms. The van der Waals surface area contributed by atoms with Crippen LogP contribution in [0.25, 0.3) is 0 Å². The molecule has 1 heterocycles. The summed E-state index contributed by atoms with van der Waals surface area (Å²) in [4.78, 5) is 12.7. The Hall–Kier alpha value is -1.31. The molecule has 0 unspecified atom stereocenters. The fourth-order valence-corrected chi connectivity index (χ4v) is 2.41. The number of carbonyl (C=O) groups is 1. The quantitative estimate of drug-likeness (QED) is 0.797. The highest BCUT2D eigenvalue weighted by Gasteiger charge is 2.24. The molecule has 3 nitrogen and oxygen atoms in total. The fourth-order valence-electron chi connectivity index (χ4n) is 1.64. The molecule has 1 aliphatic carbocycles. The van der Waals surface area contributed by atoms with Crippen molar-refractivity contribution >= 4 is 17.2 Å². The highest BCUT2D eigenvalue weighted by atomic mass is 32.1. The molecule has 1 aromatic heterocycles. The molecule has 0 atom stereocenters. The maximum atomic E-state index is 11.6. The number of amides is 1. The lowest BCUT2D eigenvalue weighted by Crippen LogP contribution is -2.22. The van der Waals surface area contributed by atoms with Crippen LogP contribution < -0.4 is 5.32 Å². The molecule has 2 N–H and O–H groups in total. The summed E-state index contributed by atoms with van der Waals surface area (Å²) in [5, 5.41) is 13.6. The minimum Gasteiger partial charge on any atom is -0.395 e. The Morgan fingerprint density at radius 3 is 3.11 bits per heavy atom. The summed E-state index contributed by atoms with van der Waals surface area (Å²) < 4.78 is 0. The van der Waals surface area contributed by atoms with E-state index in [0.717, 1.165) is 10.4 Å². The largest absolute Gasteiger partial charge is 0.395 e. The molecule has 96 valence electrons. The molecular weight excluding hydrogens is 246 g/mol. The predicted molar refractivity (Wildman–Crippen MR) is 72.1 cm³/mol. The first-order valence-electron chi connectivity index (χ1n) is 6.22. The van der Waals surface area contributed by atoms with Crippen LogP contribution in [0.15, 0.2) is 11.4 Å². The van der Waals surface area contributed by atoms with Crippen LogP contribution in [0.4, 0.5) is 0 Å². The average molecular weight is 263 g/mol. The van der Waals surface area contributed by atoms with E-state index in [0.29, 0.717) is 25.3 Å². The van der Waals surface area contributed by atoms with Crippen molar-refractivity contribution < 1.29 is 9.90 Å². The van der Waals surface area contributed by atoms with E-state index in [-0.39, 0.29) is 12.5 Å². The molecule has 0 radical (unpaired) electrons. The van der Waals surface area contributed by atoms with Crippen LogP contribution in [0.5, 0.6) is 0 Å². The van der Waals surface area contributed by atoms with Crippen LogP contribution in [0.1, 0.15) is 36.1 Å². The Morgan fingerprint density at radius 1 is 1.56 bits per heavy atom. The standard InChI is InChI=1S/C14H17NO2S/c16-7-2-1-3-12-6-8-18-13(12)10-15-14(17)9-11-4-5-11/h6,8,11,16H,2,4-5,7,9-10H2,(H,15,17). The number of rotatable bonds is 5. The van der Waals surface area contributed by atoms with Crippen molar-refractivity contribution in [3.63, 3.8) is 0 Å². The van der Waals surface area contributed by atoms with Gasteiger partial charge in [0.05, 0.1) is 13.2 Å². The van der Waals surface area contributed by atoms with Gasteiger partial charge < -0.3 is 10.4 Å². The number of hydrogen-bond donors (Lipinski definition) is 2. The summed E-state index contributed by atoms with van der Waals surface area (Å²) >= 11 is 1.60. The van der Waals surface area contributed by atoms with Crippen molar-refractivity contribution in [1.29, 1.82) is 0 Å². The number of thiophene rings is 1. The van der Waals surface area contributed by atoms with E-state index in [4.69, 9.17) is 5.11 Å². The molecule has 0 aliphatic heterocycles. The molecular formula is C14H17NO2S. The smallest absolute Gasteiger partial charge is 0.220 e. The van der Waals surface area contributed by atoms with E-state index in [1.54, 1.807) is 11.3 Å². The van der Waals surface area contributed by atoms with E-state index < -0.39 is 0 Å². The molecule has 2 rings (SSSR count). The van der Waals surface area contributed by atoms with Crippen molar-refractivity contribution in [3.05, 3.63) is 21.9 Å². The second-order valence-electron chi connectivity index (χ2n) is 4.46. The molecule has 0 aromatic carbocycles. The van der Waals surface area contributed by atoms with E-state index in [1.165, 1.54) is 12.8 Å². The second kappa shape index (κ2) is 6.58. The number of hydrogen-bond acceptors (Lipinski definition) is 3. The summed E-state index contributed by atoms with van der Waals surface area (Å²) in [5.74, 6) is 6.68. The van der Waals surface area contributed by atoms with Gasteiger partial charge in [-0.15, -0.1) is 11.3 Å². The van der Waals surface area contributed by atoms with Gasteiger partial charge in [-0.25, -0.2) is 0 Å². The molecule has 1 saturated carbocycles.